The highest BCUT2D eigenvalue weighted by atomic mass is 19.1. The van der Waals surface area contributed by atoms with Gasteiger partial charge in [0.25, 0.3) is 5.56 Å². The van der Waals surface area contributed by atoms with Crippen molar-refractivity contribution < 1.29 is 4.39 Å². The third-order valence-electron chi connectivity index (χ3n) is 3.02. The van der Waals surface area contributed by atoms with E-state index in [0.29, 0.717) is 6.42 Å². The van der Waals surface area contributed by atoms with Crippen molar-refractivity contribution in [2.24, 2.45) is 0 Å². The SMILES string of the molecule is Cc1ccc(F)cc1C[C@H](C)Nn1ccccc1=O. The number of nitrogens with zero attached hydrogens (tertiary/aromatic N) is 1. The van der Waals surface area contributed by atoms with Gasteiger partial charge in [0, 0.05) is 18.3 Å². The third-order valence-corrected chi connectivity index (χ3v) is 3.02. The van der Waals surface area contributed by atoms with Crippen LogP contribution < -0.4 is 11.0 Å². The smallest absolute Gasteiger partial charge is 0.268 e. The van der Waals surface area contributed by atoms with E-state index in [1.807, 2.05) is 13.8 Å². The molecule has 0 amide bonds. The molecule has 3 nitrogen and oxygen atoms in total. The van der Waals surface area contributed by atoms with E-state index in [0.717, 1.165) is 11.1 Å². The zero-order valence-corrected chi connectivity index (χ0v) is 11.1. The molecule has 1 atom stereocenters. The number of benzene rings is 1. The third kappa shape index (κ3) is 3.44. The summed E-state index contributed by atoms with van der Waals surface area (Å²) in [6.07, 6.45) is 2.34. The lowest BCUT2D eigenvalue weighted by Crippen LogP contribution is -2.34. The maximum Gasteiger partial charge on any atom is 0.268 e. The van der Waals surface area contributed by atoms with Crippen molar-refractivity contribution in [2.45, 2.75) is 26.3 Å². The first kappa shape index (κ1) is 13.3. The minimum Gasteiger partial charge on any atom is -0.320 e. The Kier molecular flexibility index (Phi) is 4.00. The molecule has 2 aromatic rings. The monoisotopic (exact) mass is 260 g/mol. The summed E-state index contributed by atoms with van der Waals surface area (Å²) in [5.74, 6) is -0.232. The van der Waals surface area contributed by atoms with Gasteiger partial charge in [0.1, 0.15) is 5.82 Å². The van der Waals surface area contributed by atoms with Crippen molar-refractivity contribution in [1.82, 2.24) is 4.68 Å². The Morgan fingerprint density at radius 3 is 2.84 bits per heavy atom. The molecule has 0 saturated heterocycles. The van der Waals surface area contributed by atoms with Gasteiger partial charge in [-0.15, -0.1) is 0 Å². The van der Waals surface area contributed by atoms with Crippen molar-refractivity contribution in [3.8, 4) is 0 Å². The molecule has 0 saturated carbocycles. The van der Waals surface area contributed by atoms with E-state index in [2.05, 4.69) is 5.43 Å². The lowest BCUT2D eigenvalue weighted by molar-refractivity contribution is 0.618. The van der Waals surface area contributed by atoms with Gasteiger partial charge in [-0.3, -0.25) is 4.79 Å². The Balaban J connectivity index is 2.09. The Labute approximate surface area is 111 Å². The van der Waals surface area contributed by atoms with E-state index in [-0.39, 0.29) is 17.4 Å². The lowest BCUT2D eigenvalue weighted by Gasteiger charge is -2.17. The zero-order valence-electron chi connectivity index (χ0n) is 11.1. The molecule has 1 N–H and O–H groups in total. The van der Waals surface area contributed by atoms with Crippen molar-refractivity contribution in [2.75, 3.05) is 5.43 Å². The fraction of sp³-hybridized carbons (Fsp3) is 0.267. The molecule has 1 aromatic carbocycles. The van der Waals surface area contributed by atoms with Gasteiger partial charge in [-0.05, 0) is 49.6 Å². The van der Waals surface area contributed by atoms with Crippen LogP contribution in [0.4, 0.5) is 4.39 Å². The minimum atomic E-state index is -0.232. The molecule has 0 aliphatic rings. The molecule has 4 heteroatoms. The van der Waals surface area contributed by atoms with Crippen LogP contribution in [0.15, 0.2) is 47.4 Å². The van der Waals surface area contributed by atoms with E-state index < -0.39 is 0 Å². The highest BCUT2D eigenvalue weighted by Gasteiger charge is 2.07. The maximum absolute atomic E-state index is 13.2. The first-order valence-electron chi connectivity index (χ1n) is 6.25. The molecule has 2 rings (SSSR count). The Bertz CT molecular complexity index is 622. The van der Waals surface area contributed by atoms with Crippen molar-refractivity contribution >= 4 is 0 Å². The topological polar surface area (TPSA) is 34.0 Å². The average Bonchev–Trinajstić information content (AvgIpc) is 2.37. The standard InChI is InChI=1S/C15H17FN2O/c1-11-6-7-14(16)10-13(11)9-12(2)17-18-8-4-3-5-15(18)19/h3-8,10,12,17H,9H2,1-2H3/t12-/m0/s1. The number of aryl methyl sites for hydroxylation is 1. The molecule has 0 unspecified atom stereocenters. The fourth-order valence-corrected chi connectivity index (χ4v) is 2.01. The van der Waals surface area contributed by atoms with Crippen LogP contribution in [-0.2, 0) is 6.42 Å². The van der Waals surface area contributed by atoms with Crippen molar-refractivity contribution in [3.63, 3.8) is 0 Å². The Hall–Kier alpha value is -2.10. The van der Waals surface area contributed by atoms with Gasteiger partial charge in [-0.2, -0.15) is 0 Å². The minimum absolute atomic E-state index is 0.0283. The first-order valence-corrected chi connectivity index (χ1v) is 6.25. The van der Waals surface area contributed by atoms with Gasteiger partial charge in [0.05, 0.1) is 0 Å². The Morgan fingerprint density at radius 1 is 1.32 bits per heavy atom. The van der Waals surface area contributed by atoms with Crippen LogP contribution in [0.2, 0.25) is 0 Å². The number of pyridine rings is 1. The van der Waals surface area contributed by atoms with E-state index in [9.17, 15) is 9.18 Å². The van der Waals surface area contributed by atoms with Crippen LogP contribution in [0, 0.1) is 12.7 Å². The molecule has 0 fully saturated rings. The van der Waals surface area contributed by atoms with Gasteiger partial charge in [-0.1, -0.05) is 12.1 Å². The van der Waals surface area contributed by atoms with Gasteiger partial charge in [0.2, 0.25) is 0 Å². The second-order valence-corrected chi connectivity index (χ2v) is 4.71. The maximum atomic E-state index is 13.2. The first-order chi connectivity index (χ1) is 9.06. The van der Waals surface area contributed by atoms with E-state index >= 15 is 0 Å². The molecule has 1 heterocycles. The molecule has 19 heavy (non-hydrogen) atoms. The highest BCUT2D eigenvalue weighted by Crippen LogP contribution is 2.12. The van der Waals surface area contributed by atoms with Crippen molar-refractivity contribution in [1.29, 1.82) is 0 Å². The molecular weight excluding hydrogens is 243 g/mol. The molecular formula is C15H17FN2O. The van der Waals surface area contributed by atoms with Crippen LogP contribution in [0.5, 0.6) is 0 Å². The van der Waals surface area contributed by atoms with E-state index in [1.165, 1.54) is 16.8 Å². The van der Waals surface area contributed by atoms with Crippen LogP contribution in [0.3, 0.4) is 0 Å². The van der Waals surface area contributed by atoms with Crippen LogP contribution >= 0.6 is 0 Å². The van der Waals surface area contributed by atoms with Gasteiger partial charge in [0.15, 0.2) is 0 Å². The van der Waals surface area contributed by atoms with Gasteiger partial charge < -0.3 is 5.43 Å². The quantitative estimate of drug-likeness (QED) is 0.916. The van der Waals surface area contributed by atoms with Crippen LogP contribution in [0.1, 0.15) is 18.1 Å². The lowest BCUT2D eigenvalue weighted by atomic mass is 10.0. The fourth-order valence-electron chi connectivity index (χ4n) is 2.01. The summed E-state index contributed by atoms with van der Waals surface area (Å²) in [6, 6.07) is 9.77. The molecule has 100 valence electrons. The van der Waals surface area contributed by atoms with Crippen LogP contribution in [0.25, 0.3) is 0 Å². The second-order valence-electron chi connectivity index (χ2n) is 4.71. The number of hydrogen-bond acceptors (Lipinski definition) is 2. The summed E-state index contributed by atoms with van der Waals surface area (Å²) in [5.41, 5.74) is 4.98. The number of rotatable bonds is 4. The summed E-state index contributed by atoms with van der Waals surface area (Å²) in [4.78, 5) is 11.6. The summed E-state index contributed by atoms with van der Waals surface area (Å²) in [6.45, 7) is 3.92. The van der Waals surface area contributed by atoms with E-state index in [1.54, 1.807) is 30.5 Å². The van der Waals surface area contributed by atoms with Gasteiger partial charge in [-0.25, -0.2) is 9.07 Å². The number of halogens is 1. The molecule has 0 aliphatic carbocycles. The van der Waals surface area contributed by atoms with Gasteiger partial charge >= 0.3 is 0 Å². The molecule has 0 radical (unpaired) electrons. The molecule has 0 bridgehead atoms. The summed E-state index contributed by atoms with van der Waals surface area (Å²) < 4.78 is 14.7. The van der Waals surface area contributed by atoms with E-state index in [4.69, 9.17) is 0 Å². The molecule has 1 aromatic heterocycles. The predicted octanol–water partition coefficient (Wildman–Crippen LogP) is 2.47. The largest absolute Gasteiger partial charge is 0.320 e. The summed E-state index contributed by atoms with van der Waals surface area (Å²) in [5, 5.41) is 0. The number of hydrogen-bond donors (Lipinski definition) is 1. The predicted molar refractivity (Wildman–Crippen MR) is 74.4 cm³/mol. The molecule has 0 aliphatic heterocycles. The highest BCUT2D eigenvalue weighted by molar-refractivity contribution is 5.27. The summed E-state index contributed by atoms with van der Waals surface area (Å²) >= 11 is 0. The number of aromatic nitrogens is 1. The van der Waals surface area contributed by atoms with Crippen LogP contribution in [-0.4, -0.2) is 10.7 Å². The second kappa shape index (κ2) is 5.69. The number of nitrogens with one attached hydrogen (secondary N) is 1. The average molecular weight is 260 g/mol. The zero-order chi connectivity index (χ0) is 13.8. The Morgan fingerprint density at radius 2 is 2.11 bits per heavy atom. The molecule has 0 spiro atoms. The summed E-state index contributed by atoms with van der Waals surface area (Å²) in [7, 11) is 0. The van der Waals surface area contributed by atoms with Crippen molar-refractivity contribution in [3.05, 3.63) is 69.9 Å². The normalized spacial score (nSPS) is 12.2.